The molecule has 0 spiro atoms. The molecule has 3 rings (SSSR count). The molecular weight excluding hydrogens is 319 g/mol. The fraction of sp³-hybridized carbons (Fsp3) is 0.294. The van der Waals surface area contributed by atoms with Crippen LogP contribution in [0.2, 0.25) is 5.02 Å². The van der Waals surface area contributed by atoms with Crippen molar-refractivity contribution in [1.29, 1.82) is 0 Å². The van der Waals surface area contributed by atoms with Crippen molar-refractivity contribution in [3.05, 3.63) is 59.1 Å². The molecule has 2 heterocycles. The van der Waals surface area contributed by atoms with E-state index in [4.69, 9.17) is 16.3 Å². The van der Waals surface area contributed by atoms with Gasteiger partial charge >= 0.3 is 0 Å². The molecule has 1 aliphatic rings. The van der Waals surface area contributed by atoms with Crippen molar-refractivity contribution in [3.63, 3.8) is 0 Å². The second-order valence-corrected chi connectivity index (χ2v) is 5.95. The summed E-state index contributed by atoms with van der Waals surface area (Å²) in [6, 6.07) is 8.65. The Bertz CT molecular complexity index is 700. The molecule has 0 radical (unpaired) electrons. The van der Waals surface area contributed by atoms with Gasteiger partial charge in [0.25, 0.3) is 0 Å². The zero-order chi connectivity index (χ0) is 16.3. The first kappa shape index (κ1) is 15.9. The predicted molar refractivity (Wildman–Crippen MR) is 86.0 cm³/mol. The number of carbonyl (C=O) groups excluding carboxylic acids is 1. The summed E-state index contributed by atoms with van der Waals surface area (Å²) in [4.78, 5) is 16.6. The van der Waals surface area contributed by atoms with Crippen molar-refractivity contribution in [1.82, 2.24) is 4.98 Å². The highest BCUT2D eigenvalue weighted by Gasteiger charge is 2.41. The average Bonchev–Trinajstić information content (AvgIpc) is 2.58. The molecule has 1 aromatic heterocycles. The van der Waals surface area contributed by atoms with Gasteiger partial charge in [-0.25, -0.2) is 4.39 Å². The lowest BCUT2D eigenvalue weighted by Gasteiger charge is -2.36. The van der Waals surface area contributed by atoms with Gasteiger partial charge in [-0.05, 0) is 36.6 Å². The summed E-state index contributed by atoms with van der Waals surface area (Å²) < 4.78 is 19.2. The van der Waals surface area contributed by atoms with E-state index in [1.54, 1.807) is 12.1 Å². The number of halogens is 2. The number of hydrogen-bond acceptors (Lipinski definition) is 3. The summed E-state index contributed by atoms with van der Waals surface area (Å²) in [7, 11) is 0. The molecule has 120 valence electrons. The smallest absolute Gasteiger partial charge is 0.235 e. The van der Waals surface area contributed by atoms with Crippen LogP contribution in [0, 0.1) is 5.82 Å². The molecule has 23 heavy (non-hydrogen) atoms. The summed E-state index contributed by atoms with van der Waals surface area (Å²) in [5, 5.41) is 3.30. The molecule has 1 N–H and O–H groups in total. The van der Waals surface area contributed by atoms with Gasteiger partial charge in [0.05, 0.1) is 17.3 Å². The lowest BCUT2D eigenvalue weighted by Crippen LogP contribution is -2.45. The van der Waals surface area contributed by atoms with Crippen molar-refractivity contribution in [2.45, 2.75) is 18.3 Å². The summed E-state index contributed by atoms with van der Waals surface area (Å²) in [5.41, 5.74) is 0.237. The lowest BCUT2D eigenvalue weighted by atomic mass is 9.73. The standard InChI is InChI=1S/C17H16ClFN2O2/c18-13-3-1-12(2-4-13)17(6-9-23-10-7-17)16(22)21-15-5-8-20-11-14(15)19/h1-5,8,11H,6-7,9-10H2,(H,20,21,22). The minimum atomic E-state index is -0.751. The minimum absolute atomic E-state index is 0.129. The summed E-state index contributed by atoms with van der Waals surface area (Å²) in [5.74, 6) is -0.799. The molecular formula is C17H16ClFN2O2. The number of anilines is 1. The van der Waals surface area contributed by atoms with E-state index in [2.05, 4.69) is 10.3 Å². The van der Waals surface area contributed by atoms with E-state index in [1.165, 1.54) is 12.3 Å². The number of nitrogens with zero attached hydrogens (tertiary/aromatic N) is 1. The third-order valence-corrected chi connectivity index (χ3v) is 4.45. The number of aromatic nitrogens is 1. The van der Waals surface area contributed by atoms with Crippen molar-refractivity contribution < 1.29 is 13.9 Å². The molecule has 4 nitrogen and oxygen atoms in total. The maximum absolute atomic E-state index is 13.8. The fourth-order valence-electron chi connectivity index (χ4n) is 2.85. The molecule has 0 unspecified atom stereocenters. The Labute approximate surface area is 138 Å². The maximum Gasteiger partial charge on any atom is 0.235 e. The zero-order valence-electron chi connectivity index (χ0n) is 12.4. The van der Waals surface area contributed by atoms with Gasteiger partial charge in [-0.2, -0.15) is 0 Å². The van der Waals surface area contributed by atoms with Gasteiger partial charge in [0.15, 0.2) is 5.82 Å². The lowest BCUT2D eigenvalue weighted by molar-refractivity contribution is -0.125. The second kappa shape index (κ2) is 6.64. The largest absolute Gasteiger partial charge is 0.381 e. The maximum atomic E-state index is 13.8. The van der Waals surface area contributed by atoms with Gasteiger partial charge in [-0.15, -0.1) is 0 Å². The average molecular weight is 335 g/mol. The first-order chi connectivity index (χ1) is 11.1. The number of pyridine rings is 1. The molecule has 1 aromatic carbocycles. The molecule has 1 amide bonds. The number of carbonyl (C=O) groups is 1. The van der Waals surface area contributed by atoms with E-state index in [0.29, 0.717) is 31.1 Å². The van der Waals surface area contributed by atoms with Crippen molar-refractivity contribution >= 4 is 23.2 Å². The van der Waals surface area contributed by atoms with Gasteiger partial charge in [-0.1, -0.05) is 23.7 Å². The predicted octanol–water partition coefficient (Wildman–Crippen LogP) is 3.56. The Morgan fingerprint density at radius 2 is 1.91 bits per heavy atom. The Morgan fingerprint density at radius 3 is 2.57 bits per heavy atom. The molecule has 1 saturated heterocycles. The molecule has 0 aliphatic carbocycles. The zero-order valence-corrected chi connectivity index (χ0v) is 13.1. The van der Waals surface area contributed by atoms with E-state index >= 15 is 0 Å². The van der Waals surface area contributed by atoms with Gasteiger partial charge in [0.1, 0.15) is 0 Å². The fourth-order valence-corrected chi connectivity index (χ4v) is 2.98. The quantitative estimate of drug-likeness (QED) is 0.933. The highest BCUT2D eigenvalue weighted by Crippen LogP contribution is 2.36. The van der Waals surface area contributed by atoms with Crippen LogP contribution in [-0.2, 0) is 14.9 Å². The first-order valence-electron chi connectivity index (χ1n) is 7.36. The Balaban J connectivity index is 1.94. The highest BCUT2D eigenvalue weighted by molar-refractivity contribution is 6.30. The van der Waals surface area contributed by atoms with E-state index in [9.17, 15) is 9.18 Å². The molecule has 6 heteroatoms. The van der Waals surface area contributed by atoms with Gasteiger partial charge in [0.2, 0.25) is 5.91 Å². The van der Waals surface area contributed by atoms with Crippen LogP contribution < -0.4 is 5.32 Å². The molecule has 0 saturated carbocycles. The summed E-state index contributed by atoms with van der Waals surface area (Å²) >= 11 is 5.94. The summed E-state index contributed by atoms with van der Waals surface area (Å²) in [6.07, 6.45) is 3.59. The van der Waals surface area contributed by atoms with Crippen LogP contribution in [0.25, 0.3) is 0 Å². The summed E-state index contributed by atoms with van der Waals surface area (Å²) in [6.45, 7) is 0.962. The molecule has 1 fully saturated rings. The first-order valence-corrected chi connectivity index (χ1v) is 7.74. The Kier molecular flexibility index (Phi) is 4.59. The van der Waals surface area contributed by atoms with Crippen LogP contribution in [0.1, 0.15) is 18.4 Å². The topological polar surface area (TPSA) is 51.2 Å². The molecule has 1 aliphatic heterocycles. The number of rotatable bonds is 3. The van der Waals surface area contributed by atoms with Crippen LogP contribution in [0.15, 0.2) is 42.7 Å². The van der Waals surface area contributed by atoms with Gasteiger partial charge in [0, 0.05) is 24.4 Å². The van der Waals surface area contributed by atoms with Crippen LogP contribution in [-0.4, -0.2) is 24.1 Å². The van der Waals surface area contributed by atoms with Crippen molar-refractivity contribution in [2.24, 2.45) is 0 Å². The minimum Gasteiger partial charge on any atom is -0.381 e. The number of nitrogens with one attached hydrogen (secondary N) is 1. The van der Waals surface area contributed by atoms with Crippen molar-refractivity contribution in [2.75, 3.05) is 18.5 Å². The monoisotopic (exact) mass is 334 g/mol. The van der Waals surface area contributed by atoms with Crippen molar-refractivity contribution in [3.8, 4) is 0 Å². The molecule has 0 bridgehead atoms. The number of amides is 1. The van der Waals surface area contributed by atoms with Gasteiger partial charge < -0.3 is 10.1 Å². The highest BCUT2D eigenvalue weighted by atomic mass is 35.5. The number of benzene rings is 1. The number of ether oxygens (including phenoxy) is 1. The Hall–Kier alpha value is -1.98. The number of hydrogen-bond donors (Lipinski definition) is 1. The van der Waals surface area contributed by atoms with E-state index in [1.807, 2.05) is 12.1 Å². The van der Waals surface area contributed by atoms with Gasteiger partial charge in [-0.3, -0.25) is 9.78 Å². The third kappa shape index (κ3) is 3.21. The van der Waals surface area contributed by atoms with Crippen LogP contribution >= 0.6 is 11.6 Å². The van der Waals surface area contributed by atoms with E-state index < -0.39 is 11.2 Å². The third-order valence-electron chi connectivity index (χ3n) is 4.20. The normalized spacial score (nSPS) is 16.8. The molecule has 2 aromatic rings. The van der Waals surface area contributed by atoms with Crippen LogP contribution in [0.4, 0.5) is 10.1 Å². The van der Waals surface area contributed by atoms with Crippen LogP contribution in [0.5, 0.6) is 0 Å². The van der Waals surface area contributed by atoms with E-state index in [-0.39, 0.29) is 11.6 Å². The Morgan fingerprint density at radius 1 is 1.22 bits per heavy atom. The van der Waals surface area contributed by atoms with E-state index in [0.717, 1.165) is 11.8 Å². The SMILES string of the molecule is O=C(Nc1ccncc1F)C1(c2ccc(Cl)cc2)CCOCC1. The molecule has 0 atom stereocenters. The second-order valence-electron chi connectivity index (χ2n) is 5.51. The van der Waals surface area contributed by atoms with Crippen LogP contribution in [0.3, 0.4) is 0 Å².